The standard InChI is InChI=1S/C20H16FN7O2/c21-16-6-11(3-5-23-16)27-8-13-14(9-27)18(13)19-25-17(30-26-19)10-28-20(29)12-2-1-4-22-15(12)7-24-28/h1-7,13-14,18H,8-10H2. The van der Waals surface area contributed by atoms with E-state index in [1.807, 2.05) is 6.07 Å². The molecule has 1 saturated heterocycles. The van der Waals surface area contributed by atoms with Crippen molar-refractivity contribution in [1.29, 1.82) is 0 Å². The lowest BCUT2D eigenvalue weighted by molar-refractivity contribution is 0.358. The van der Waals surface area contributed by atoms with Gasteiger partial charge in [-0.3, -0.25) is 9.78 Å². The quantitative estimate of drug-likeness (QED) is 0.472. The van der Waals surface area contributed by atoms with Gasteiger partial charge in [-0.25, -0.2) is 9.67 Å². The summed E-state index contributed by atoms with van der Waals surface area (Å²) in [4.78, 5) is 27.0. The molecule has 4 aromatic rings. The lowest BCUT2D eigenvalue weighted by Gasteiger charge is -2.21. The highest BCUT2D eigenvalue weighted by Crippen LogP contribution is 2.57. The fourth-order valence-corrected chi connectivity index (χ4v) is 4.43. The minimum absolute atomic E-state index is 0.112. The van der Waals surface area contributed by atoms with E-state index in [1.54, 1.807) is 24.5 Å². The molecule has 6 rings (SSSR count). The Kier molecular flexibility index (Phi) is 3.67. The minimum Gasteiger partial charge on any atom is -0.371 e. The summed E-state index contributed by atoms with van der Waals surface area (Å²) in [6.45, 7) is 1.75. The van der Waals surface area contributed by atoms with Crippen LogP contribution < -0.4 is 10.5 Å². The average molecular weight is 405 g/mol. The molecule has 9 nitrogen and oxygen atoms in total. The molecule has 2 fully saturated rings. The van der Waals surface area contributed by atoms with Crippen molar-refractivity contribution in [3.05, 3.63) is 70.9 Å². The molecular weight excluding hydrogens is 389 g/mol. The molecule has 5 heterocycles. The SMILES string of the molecule is O=c1c2cccnc2cnn1Cc1nc(C2C3CN(c4ccnc(F)c4)CC32)no1. The number of hydrogen-bond donors (Lipinski definition) is 0. The van der Waals surface area contributed by atoms with Gasteiger partial charge in [-0.1, -0.05) is 5.16 Å². The minimum atomic E-state index is -0.472. The Morgan fingerprint density at radius 2 is 2.03 bits per heavy atom. The highest BCUT2D eigenvalue weighted by atomic mass is 19.1. The Morgan fingerprint density at radius 1 is 1.17 bits per heavy atom. The maximum absolute atomic E-state index is 13.4. The molecule has 0 amide bonds. The van der Waals surface area contributed by atoms with Crippen LogP contribution in [0, 0.1) is 17.8 Å². The van der Waals surface area contributed by atoms with E-state index < -0.39 is 5.95 Å². The van der Waals surface area contributed by atoms with E-state index >= 15 is 0 Å². The van der Waals surface area contributed by atoms with Gasteiger partial charge >= 0.3 is 0 Å². The lowest BCUT2D eigenvalue weighted by Crippen LogP contribution is -2.24. The molecule has 30 heavy (non-hydrogen) atoms. The summed E-state index contributed by atoms with van der Waals surface area (Å²) in [5, 5.41) is 8.78. The molecule has 2 aliphatic rings. The van der Waals surface area contributed by atoms with Crippen LogP contribution in [0.15, 0.2) is 52.2 Å². The Balaban J connectivity index is 1.16. The molecule has 0 aromatic carbocycles. The molecule has 0 N–H and O–H groups in total. The summed E-state index contributed by atoms with van der Waals surface area (Å²) in [5.74, 6) is 1.60. The summed E-state index contributed by atoms with van der Waals surface area (Å²) in [6.07, 6.45) is 4.66. The normalized spacial score (nSPS) is 22.4. The van der Waals surface area contributed by atoms with Crippen LogP contribution in [0.5, 0.6) is 0 Å². The molecule has 1 aliphatic heterocycles. The van der Waals surface area contributed by atoms with Crippen LogP contribution in [0.4, 0.5) is 10.1 Å². The van der Waals surface area contributed by atoms with Gasteiger partial charge in [0.05, 0.1) is 17.1 Å². The van der Waals surface area contributed by atoms with Crippen molar-refractivity contribution in [2.45, 2.75) is 12.5 Å². The van der Waals surface area contributed by atoms with Crippen molar-refractivity contribution in [2.75, 3.05) is 18.0 Å². The highest BCUT2D eigenvalue weighted by molar-refractivity contribution is 5.75. The number of halogens is 1. The summed E-state index contributed by atoms with van der Waals surface area (Å²) in [6, 6.07) is 6.71. The van der Waals surface area contributed by atoms with Gasteiger partial charge in [-0.05, 0) is 30.0 Å². The van der Waals surface area contributed by atoms with Crippen molar-refractivity contribution in [3.63, 3.8) is 0 Å². The number of fused-ring (bicyclic) bond motifs is 2. The van der Waals surface area contributed by atoms with Crippen molar-refractivity contribution in [1.82, 2.24) is 29.9 Å². The van der Waals surface area contributed by atoms with Gasteiger partial charge in [0.15, 0.2) is 5.82 Å². The van der Waals surface area contributed by atoms with Gasteiger partial charge in [0.25, 0.3) is 5.56 Å². The topological polar surface area (TPSA) is 103 Å². The van der Waals surface area contributed by atoms with Crippen LogP contribution in [0.2, 0.25) is 0 Å². The Hall–Kier alpha value is -3.69. The Morgan fingerprint density at radius 3 is 2.87 bits per heavy atom. The fraction of sp³-hybridized carbons (Fsp3) is 0.300. The third-order valence-corrected chi connectivity index (χ3v) is 5.96. The molecule has 2 atom stereocenters. The summed E-state index contributed by atoms with van der Waals surface area (Å²) >= 11 is 0. The van der Waals surface area contributed by atoms with E-state index in [-0.39, 0.29) is 18.0 Å². The van der Waals surface area contributed by atoms with Crippen molar-refractivity contribution < 1.29 is 8.91 Å². The Labute approximate surface area is 169 Å². The zero-order chi connectivity index (χ0) is 20.2. The maximum Gasteiger partial charge on any atom is 0.276 e. The second kappa shape index (κ2) is 6.41. The Bertz CT molecular complexity index is 1310. The van der Waals surface area contributed by atoms with Crippen LogP contribution >= 0.6 is 0 Å². The molecule has 0 bridgehead atoms. The number of aromatic nitrogens is 6. The monoisotopic (exact) mass is 405 g/mol. The number of piperidine rings is 1. The number of hydrogen-bond acceptors (Lipinski definition) is 8. The van der Waals surface area contributed by atoms with E-state index in [0.29, 0.717) is 34.5 Å². The van der Waals surface area contributed by atoms with E-state index in [1.165, 1.54) is 16.9 Å². The summed E-state index contributed by atoms with van der Waals surface area (Å²) < 4.78 is 20.0. The first-order chi connectivity index (χ1) is 14.7. The van der Waals surface area contributed by atoms with Gasteiger partial charge in [0, 0.05) is 43.2 Å². The molecule has 0 radical (unpaired) electrons. The van der Waals surface area contributed by atoms with Gasteiger partial charge in [0.1, 0.15) is 6.54 Å². The first-order valence-corrected chi connectivity index (χ1v) is 9.67. The molecule has 150 valence electrons. The molecule has 1 saturated carbocycles. The zero-order valence-corrected chi connectivity index (χ0v) is 15.7. The fourth-order valence-electron chi connectivity index (χ4n) is 4.43. The van der Waals surface area contributed by atoms with Crippen molar-refractivity contribution >= 4 is 16.6 Å². The second-order valence-corrected chi connectivity index (χ2v) is 7.69. The average Bonchev–Trinajstić information content (AvgIpc) is 3.10. The smallest absolute Gasteiger partial charge is 0.276 e. The predicted octanol–water partition coefficient (Wildman–Crippen LogP) is 1.61. The van der Waals surface area contributed by atoms with Crippen LogP contribution in [0.1, 0.15) is 17.6 Å². The molecule has 2 unspecified atom stereocenters. The van der Waals surface area contributed by atoms with Crippen molar-refractivity contribution in [3.8, 4) is 0 Å². The number of anilines is 1. The molecule has 10 heteroatoms. The van der Waals surface area contributed by atoms with Crippen LogP contribution in [0.25, 0.3) is 10.9 Å². The first-order valence-electron chi connectivity index (χ1n) is 9.67. The van der Waals surface area contributed by atoms with E-state index in [0.717, 1.165) is 18.8 Å². The highest BCUT2D eigenvalue weighted by Gasteiger charge is 2.58. The van der Waals surface area contributed by atoms with Crippen LogP contribution in [-0.4, -0.2) is 43.0 Å². The van der Waals surface area contributed by atoms with Crippen LogP contribution in [-0.2, 0) is 6.54 Å². The lowest BCUT2D eigenvalue weighted by atomic mass is 10.2. The van der Waals surface area contributed by atoms with E-state index in [9.17, 15) is 9.18 Å². The predicted molar refractivity (Wildman–Crippen MR) is 103 cm³/mol. The first kappa shape index (κ1) is 17.2. The van der Waals surface area contributed by atoms with Crippen molar-refractivity contribution in [2.24, 2.45) is 11.8 Å². The molecule has 1 aliphatic carbocycles. The molecule has 4 aromatic heterocycles. The molecular formula is C20H16FN7O2. The summed E-state index contributed by atoms with van der Waals surface area (Å²) in [5.41, 5.74) is 1.15. The molecule has 0 spiro atoms. The maximum atomic E-state index is 13.4. The van der Waals surface area contributed by atoms with Gasteiger partial charge in [-0.2, -0.15) is 14.5 Å². The third kappa shape index (κ3) is 2.75. The number of pyridine rings is 2. The van der Waals surface area contributed by atoms with Crippen LogP contribution in [0.3, 0.4) is 0 Å². The van der Waals surface area contributed by atoms with E-state index in [4.69, 9.17) is 4.52 Å². The third-order valence-electron chi connectivity index (χ3n) is 5.96. The number of rotatable bonds is 4. The second-order valence-electron chi connectivity index (χ2n) is 7.69. The summed E-state index contributed by atoms with van der Waals surface area (Å²) in [7, 11) is 0. The largest absolute Gasteiger partial charge is 0.371 e. The van der Waals surface area contributed by atoms with Gasteiger partial charge < -0.3 is 9.42 Å². The van der Waals surface area contributed by atoms with Gasteiger partial charge in [-0.15, -0.1) is 0 Å². The van der Waals surface area contributed by atoms with Gasteiger partial charge in [0.2, 0.25) is 11.8 Å². The van der Waals surface area contributed by atoms with E-state index in [2.05, 4.69) is 30.1 Å². The zero-order valence-electron chi connectivity index (χ0n) is 15.7. The number of nitrogens with zero attached hydrogens (tertiary/aromatic N) is 7.